The Balaban J connectivity index is 1.93. The molecule has 0 radical (unpaired) electrons. The highest BCUT2D eigenvalue weighted by Gasteiger charge is 2.36. The topological polar surface area (TPSA) is 49.4 Å². The molecule has 29 heavy (non-hydrogen) atoms. The molecule has 0 aromatic heterocycles. The fourth-order valence-electron chi connectivity index (χ4n) is 3.63. The van der Waals surface area contributed by atoms with Crippen molar-refractivity contribution in [2.45, 2.75) is 38.4 Å². The van der Waals surface area contributed by atoms with Crippen LogP contribution in [0.15, 0.2) is 42.5 Å². The van der Waals surface area contributed by atoms with Crippen LogP contribution in [-0.4, -0.2) is 23.3 Å². The Hall–Kier alpha value is -2.90. The largest absolute Gasteiger partial charge is 0.416 e. The Morgan fingerprint density at radius 2 is 1.97 bits per heavy atom. The molecule has 1 N–H and O–H groups in total. The Labute approximate surface area is 165 Å². The number of halogens is 4. The first-order valence-corrected chi connectivity index (χ1v) is 9.18. The summed E-state index contributed by atoms with van der Waals surface area (Å²) in [5, 5.41) is 2.55. The van der Waals surface area contributed by atoms with Gasteiger partial charge in [0.05, 0.1) is 17.5 Å². The summed E-state index contributed by atoms with van der Waals surface area (Å²) < 4.78 is 52.7. The van der Waals surface area contributed by atoms with Gasteiger partial charge in [-0.15, -0.1) is 0 Å². The molecule has 2 atom stereocenters. The van der Waals surface area contributed by atoms with Gasteiger partial charge in [-0.05, 0) is 49.2 Å². The Morgan fingerprint density at radius 3 is 2.62 bits per heavy atom. The van der Waals surface area contributed by atoms with Crippen molar-refractivity contribution in [2.24, 2.45) is 0 Å². The molecule has 1 aliphatic rings. The van der Waals surface area contributed by atoms with Crippen LogP contribution in [0.3, 0.4) is 0 Å². The minimum Gasteiger partial charge on any atom is -0.336 e. The third kappa shape index (κ3) is 4.26. The number of fused-ring (bicyclic) bond motifs is 1. The number of amides is 2. The summed E-state index contributed by atoms with van der Waals surface area (Å²) >= 11 is 0. The van der Waals surface area contributed by atoms with Gasteiger partial charge in [0.15, 0.2) is 0 Å². The first-order chi connectivity index (χ1) is 13.6. The van der Waals surface area contributed by atoms with Gasteiger partial charge in [0.2, 0.25) is 11.8 Å². The maximum atomic E-state index is 13.5. The number of hydrogen-bond acceptors (Lipinski definition) is 2. The van der Waals surface area contributed by atoms with E-state index in [0.29, 0.717) is 11.1 Å². The Kier molecular flexibility index (Phi) is 5.64. The van der Waals surface area contributed by atoms with Gasteiger partial charge in [0.1, 0.15) is 5.82 Å². The second kappa shape index (κ2) is 7.85. The van der Waals surface area contributed by atoms with Crippen molar-refractivity contribution < 1.29 is 27.2 Å². The number of carbonyl (C=O) groups is 2. The average Bonchev–Trinajstić information content (AvgIpc) is 2.66. The van der Waals surface area contributed by atoms with E-state index in [1.807, 2.05) is 0 Å². The van der Waals surface area contributed by atoms with E-state index in [9.17, 15) is 27.2 Å². The number of hydrogen-bond donors (Lipinski definition) is 1. The summed E-state index contributed by atoms with van der Waals surface area (Å²) in [6, 6.07) is 8.02. The number of anilines is 1. The molecule has 0 saturated carbocycles. The summed E-state index contributed by atoms with van der Waals surface area (Å²) in [6.07, 6.45) is -4.59. The minimum atomic E-state index is -4.48. The number of benzene rings is 2. The quantitative estimate of drug-likeness (QED) is 0.733. The lowest BCUT2D eigenvalue weighted by Crippen LogP contribution is -2.40. The SMILES string of the molecule is CCN(C(=O)C1CC(=O)Nc2cc(F)ccc21)C(C)c1cccc(C(F)(F)F)c1. The van der Waals surface area contributed by atoms with Crippen molar-refractivity contribution in [1.82, 2.24) is 4.90 Å². The molecule has 2 aromatic rings. The molecule has 0 spiro atoms. The maximum Gasteiger partial charge on any atom is 0.416 e. The molecular weight excluding hydrogens is 388 g/mol. The van der Waals surface area contributed by atoms with Crippen LogP contribution in [0.25, 0.3) is 0 Å². The predicted octanol–water partition coefficient (Wildman–Crippen LogP) is 4.88. The van der Waals surface area contributed by atoms with Gasteiger partial charge in [-0.25, -0.2) is 4.39 Å². The van der Waals surface area contributed by atoms with Gasteiger partial charge in [-0.1, -0.05) is 18.2 Å². The summed E-state index contributed by atoms with van der Waals surface area (Å²) in [6.45, 7) is 3.60. The Bertz CT molecular complexity index is 943. The highest BCUT2D eigenvalue weighted by atomic mass is 19.4. The lowest BCUT2D eigenvalue weighted by atomic mass is 9.88. The highest BCUT2D eigenvalue weighted by molar-refractivity contribution is 6.01. The fraction of sp³-hybridized carbons (Fsp3) is 0.333. The van der Waals surface area contributed by atoms with Gasteiger partial charge in [0.25, 0.3) is 0 Å². The normalized spacial score (nSPS) is 17.3. The van der Waals surface area contributed by atoms with E-state index in [0.717, 1.165) is 18.2 Å². The fourth-order valence-corrected chi connectivity index (χ4v) is 3.63. The summed E-state index contributed by atoms with van der Waals surface area (Å²) in [4.78, 5) is 26.7. The zero-order valence-corrected chi connectivity index (χ0v) is 15.9. The number of carbonyl (C=O) groups excluding carboxylic acids is 2. The van der Waals surface area contributed by atoms with E-state index in [1.54, 1.807) is 13.8 Å². The third-order valence-corrected chi connectivity index (χ3v) is 5.14. The molecule has 2 aromatic carbocycles. The average molecular weight is 408 g/mol. The molecule has 0 aliphatic carbocycles. The molecule has 4 nitrogen and oxygen atoms in total. The van der Waals surface area contributed by atoms with Crippen LogP contribution in [0.5, 0.6) is 0 Å². The first-order valence-electron chi connectivity index (χ1n) is 9.18. The van der Waals surface area contributed by atoms with Crippen LogP contribution in [-0.2, 0) is 15.8 Å². The molecule has 154 valence electrons. The van der Waals surface area contributed by atoms with Crippen molar-refractivity contribution in [3.8, 4) is 0 Å². The number of alkyl halides is 3. The van der Waals surface area contributed by atoms with Crippen molar-refractivity contribution in [2.75, 3.05) is 11.9 Å². The lowest BCUT2D eigenvalue weighted by molar-refractivity contribution is -0.137. The van der Waals surface area contributed by atoms with Gasteiger partial charge in [-0.3, -0.25) is 9.59 Å². The van der Waals surface area contributed by atoms with Gasteiger partial charge >= 0.3 is 6.18 Å². The van der Waals surface area contributed by atoms with Crippen LogP contribution in [0.2, 0.25) is 0 Å². The highest BCUT2D eigenvalue weighted by Crippen LogP contribution is 2.37. The van der Waals surface area contributed by atoms with Gasteiger partial charge in [0, 0.05) is 18.7 Å². The second-order valence-corrected chi connectivity index (χ2v) is 6.96. The van der Waals surface area contributed by atoms with Crippen molar-refractivity contribution >= 4 is 17.5 Å². The molecule has 1 aliphatic heterocycles. The maximum absolute atomic E-state index is 13.5. The molecule has 0 bridgehead atoms. The zero-order chi connectivity index (χ0) is 21.3. The van der Waals surface area contributed by atoms with Crippen molar-refractivity contribution in [3.63, 3.8) is 0 Å². The van der Waals surface area contributed by atoms with E-state index >= 15 is 0 Å². The van der Waals surface area contributed by atoms with Crippen molar-refractivity contribution in [1.29, 1.82) is 0 Å². The first kappa shape index (κ1) is 20.8. The summed E-state index contributed by atoms with van der Waals surface area (Å²) in [7, 11) is 0. The molecule has 0 fully saturated rings. The zero-order valence-electron chi connectivity index (χ0n) is 15.9. The molecule has 0 saturated heterocycles. The summed E-state index contributed by atoms with van der Waals surface area (Å²) in [5.74, 6) is -2.17. The van der Waals surface area contributed by atoms with Crippen LogP contribution in [0, 0.1) is 5.82 Å². The molecule has 3 rings (SSSR count). The van der Waals surface area contributed by atoms with E-state index in [2.05, 4.69) is 5.32 Å². The van der Waals surface area contributed by atoms with Gasteiger partial charge in [-0.2, -0.15) is 13.2 Å². The number of likely N-dealkylation sites (N-methyl/N-ethyl adjacent to an activating group) is 1. The van der Waals surface area contributed by atoms with Gasteiger partial charge < -0.3 is 10.2 Å². The molecular formula is C21H20F4N2O2. The molecule has 8 heteroatoms. The monoisotopic (exact) mass is 408 g/mol. The third-order valence-electron chi connectivity index (χ3n) is 5.14. The van der Waals surface area contributed by atoms with E-state index in [4.69, 9.17) is 0 Å². The molecule has 2 unspecified atom stereocenters. The number of nitrogens with one attached hydrogen (secondary N) is 1. The second-order valence-electron chi connectivity index (χ2n) is 6.96. The van der Waals surface area contributed by atoms with E-state index in [-0.39, 0.29) is 24.6 Å². The van der Waals surface area contributed by atoms with Crippen LogP contribution >= 0.6 is 0 Å². The smallest absolute Gasteiger partial charge is 0.336 e. The standard InChI is InChI=1S/C21H20F4N2O2/c1-3-27(12(2)13-5-4-6-14(9-13)21(23,24)25)20(29)17-11-19(28)26-18-10-15(22)7-8-16(17)18/h4-10,12,17H,3,11H2,1-2H3,(H,26,28). The van der Waals surface area contributed by atoms with E-state index in [1.165, 1.54) is 29.2 Å². The number of rotatable bonds is 4. The van der Waals surface area contributed by atoms with E-state index < -0.39 is 35.4 Å². The van der Waals surface area contributed by atoms with Crippen molar-refractivity contribution in [3.05, 3.63) is 65.0 Å². The number of nitrogens with zero attached hydrogens (tertiary/aromatic N) is 1. The van der Waals surface area contributed by atoms with Crippen LogP contribution < -0.4 is 5.32 Å². The molecule has 2 amide bonds. The lowest BCUT2D eigenvalue weighted by Gasteiger charge is -2.34. The van der Waals surface area contributed by atoms with Crippen LogP contribution in [0.4, 0.5) is 23.2 Å². The van der Waals surface area contributed by atoms with Crippen LogP contribution in [0.1, 0.15) is 48.9 Å². The minimum absolute atomic E-state index is 0.108. The Morgan fingerprint density at radius 1 is 1.24 bits per heavy atom. The predicted molar refractivity (Wildman–Crippen MR) is 99.6 cm³/mol. The summed E-state index contributed by atoms with van der Waals surface area (Å²) in [5.41, 5.74) is 0.283. The molecule has 1 heterocycles.